The fourth-order valence-corrected chi connectivity index (χ4v) is 2.62. The maximum Gasteiger partial charge on any atom is 0.319 e. The molecule has 0 saturated carbocycles. The van der Waals surface area contributed by atoms with Crippen LogP contribution in [0.3, 0.4) is 0 Å². The van der Waals surface area contributed by atoms with E-state index in [0.717, 1.165) is 0 Å². The normalized spacial score (nSPS) is 11.4. The molecule has 0 aliphatic rings. The van der Waals surface area contributed by atoms with E-state index in [1.165, 1.54) is 12.1 Å². The molecule has 0 atom stereocenters. The van der Waals surface area contributed by atoms with Gasteiger partial charge in [-0.2, -0.15) is 0 Å². The molecule has 0 fully saturated rings. The van der Waals surface area contributed by atoms with Gasteiger partial charge in [0.25, 0.3) is 9.05 Å². The third-order valence-corrected chi connectivity index (χ3v) is 3.60. The molecule has 18 heavy (non-hydrogen) atoms. The molecule has 0 spiro atoms. The molecule has 0 heterocycles. The molecule has 0 saturated heterocycles. The lowest BCUT2D eigenvalue weighted by atomic mass is 10.2. The Kier molecular flexibility index (Phi) is 4.59. The van der Waals surface area contributed by atoms with E-state index in [0.29, 0.717) is 11.3 Å². The number of anilines is 1. The topological polar surface area (TPSA) is 75.3 Å². The lowest BCUT2D eigenvalue weighted by Crippen LogP contribution is -2.34. The van der Waals surface area contributed by atoms with Gasteiger partial charge in [0.2, 0.25) is 0 Å². The lowest BCUT2D eigenvalue weighted by Gasteiger charge is -2.11. The summed E-state index contributed by atoms with van der Waals surface area (Å²) in [6, 6.07) is 4.08. The van der Waals surface area contributed by atoms with Crippen LogP contribution in [0.25, 0.3) is 0 Å². The average Bonchev–Trinajstić information content (AvgIpc) is 2.13. The highest BCUT2D eigenvalue weighted by atomic mass is 35.7. The molecule has 0 bridgehead atoms. The molecular formula is C11H15ClN2O3S. The van der Waals surface area contributed by atoms with Crippen molar-refractivity contribution >= 4 is 31.5 Å². The first-order valence-electron chi connectivity index (χ1n) is 5.33. The van der Waals surface area contributed by atoms with Crippen LogP contribution in [-0.2, 0) is 9.05 Å². The van der Waals surface area contributed by atoms with Crippen molar-refractivity contribution in [3.8, 4) is 0 Å². The zero-order chi connectivity index (χ0) is 13.9. The zero-order valence-corrected chi connectivity index (χ0v) is 11.9. The van der Waals surface area contributed by atoms with E-state index in [-0.39, 0.29) is 17.0 Å². The van der Waals surface area contributed by atoms with Gasteiger partial charge in [-0.15, -0.1) is 0 Å². The highest BCUT2D eigenvalue weighted by molar-refractivity contribution is 8.13. The molecular weight excluding hydrogens is 276 g/mol. The number of halogens is 1. The predicted octanol–water partition coefficient (Wildman–Crippen LogP) is 2.45. The minimum Gasteiger partial charge on any atom is -0.336 e. The van der Waals surface area contributed by atoms with Crippen molar-refractivity contribution in [1.29, 1.82) is 0 Å². The van der Waals surface area contributed by atoms with Gasteiger partial charge in [-0.25, -0.2) is 13.2 Å². The Morgan fingerprint density at radius 2 is 1.94 bits per heavy atom. The van der Waals surface area contributed by atoms with E-state index in [1.807, 2.05) is 13.8 Å². The molecule has 0 unspecified atom stereocenters. The summed E-state index contributed by atoms with van der Waals surface area (Å²) in [6.45, 7) is 5.29. The maximum atomic E-state index is 11.4. The smallest absolute Gasteiger partial charge is 0.319 e. The van der Waals surface area contributed by atoms with Crippen LogP contribution < -0.4 is 10.6 Å². The Balaban J connectivity index is 2.89. The number of benzene rings is 1. The standard InChI is InChI=1S/C11H15ClN2O3S/c1-7(2)13-11(15)14-9-4-5-10(8(3)6-9)18(12,16)17/h4-7H,1-3H3,(H2,13,14,15). The van der Waals surface area contributed by atoms with Crippen LogP contribution in [0.1, 0.15) is 19.4 Å². The van der Waals surface area contributed by atoms with Crippen LogP contribution in [0.5, 0.6) is 0 Å². The number of aryl methyl sites for hydroxylation is 1. The summed E-state index contributed by atoms with van der Waals surface area (Å²) in [4.78, 5) is 11.5. The molecule has 2 N–H and O–H groups in total. The highest BCUT2D eigenvalue weighted by Crippen LogP contribution is 2.22. The SMILES string of the molecule is Cc1cc(NC(=O)NC(C)C)ccc1S(=O)(=O)Cl. The van der Waals surface area contributed by atoms with E-state index in [1.54, 1.807) is 13.0 Å². The summed E-state index contributed by atoms with van der Waals surface area (Å²) < 4.78 is 22.4. The van der Waals surface area contributed by atoms with Gasteiger partial charge in [0.1, 0.15) is 0 Å². The first-order valence-corrected chi connectivity index (χ1v) is 7.64. The summed E-state index contributed by atoms with van der Waals surface area (Å²) in [5.41, 5.74) is 0.988. The first-order chi connectivity index (χ1) is 8.20. The molecule has 1 rings (SSSR count). The van der Waals surface area contributed by atoms with Crippen LogP contribution in [0, 0.1) is 6.92 Å². The fourth-order valence-electron chi connectivity index (χ4n) is 1.43. The second-order valence-electron chi connectivity index (χ2n) is 4.17. The number of carbonyl (C=O) groups excluding carboxylic acids is 1. The van der Waals surface area contributed by atoms with Gasteiger partial charge in [0.05, 0.1) is 4.90 Å². The third kappa shape index (κ3) is 4.19. The average molecular weight is 291 g/mol. The number of nitrogens with one attached hydrogen (secondary N) is 2. The fraction of sp³-hybridized carbons (Fsp3) is 0.364. The van der Waals surface area contributed by atoms with Gasteiger partial charge in [0.15, 0.2) is 0 Å². The summed E-state index contributed by atoms with van der Waals surface area (Å²) in [6.07, 6.45) is 0. The summed E-state index contributed by atoms with van der Waals surface area (Å²) >= 11 is 0. The van der Waals surface area contributed by atoms with Crippen molar-refractivity contribution in [2.75, 3.05) is 5.32 Å². The van der Waals surface area contributed by atoms with Crippen molar-refractivity contribution in [3.05, 3.63) is 23.8 Å². The number of rotatable bonds is 3. The van der Waals surface area contributed by atoms with E-state index in [4.69, 9.17) is 10.7 Å². The van der Waals surface area contributed by atoms with Crippen LogP contribution in [0.4, 0.5) is 10.5 Å². The number of urea groups is 1. The van der Waals surface area contributed by atoms with Gasteiger partial charge >= 0.3 is 6.03 Å². The Morgan fingerprint density at radius 3 is 2.39 bits per heavy atom. The van der Waals surface area contributed by atoms with Crippen LogP contribution in [0.2, 0.25) is 0 Å². The van der Waals surface area contributed by atoms with E-state index in [9.17, 15) is 13.2 Å². The molecule has 2 amide bonds. The Bertz CT molecular complexity index is 555. The third-order valence-electron chi connectivity index (χ3n) is 2.12. The summed E-state index contributed by atoms with van der Waals surface area (Å²) in [5.74, 6) is 0. The quantitative estimate of drug-likeness (QED) is 0.840. The minimum absolute atomic E-state index is 0.0218. The summed E-state index contributed by atoms with van der Waals surface area (Å²) in [7, 11) is 1.51. The Morgan fingerprint density at radius 1 is 1.33 bits per heavy atom. The Hall–Kier alpha value is -1.27. The molecule has 1 aromatic carbocycles. The van der Waals surface area contributed by atoms with Crippen LogP contribution in [0.15, 0.2) is 23.1 Å². The van der Waals surface area contributed by atoms with E-state index in [2.05, 4.69) is 10.6 Å². The van der Waals surface area contributed by atoms with Gasteiger partial charge < -0.3 is 10.6 Å². The van der Waals surface area contributed by atoms with Gasteiger partial charge in [-0.3, -0.25) is 0 Å². The molecule has 7 heteroatoms. The molecule has 0 aliphatic carbocycles. The van der Waals surface area contributed by atoms with Gasteiger partial charge in [0, 0.05) is 22.4 Å². The zero-order valence-electron chi connectivity index (χ0n) is 10.3. The molecule has 0 aromatic heterocycles. The van der Waals surface area contributed by atoms with E-state index < -0.39 is 9.05 Å². The Labute approximate surface area is 111 Å². The number of carbonyl (C=O) groups is 1. The predicted molar refractivity (Wildman–Crippen MR) is 71.5 cm³/mol. The molecule has 100 valence electrons. The second kappa shape index (κ2) is 5.58. The minimum atomic E-state index is -3.75. The molecule has 1 aromatic rings. The van der Waals surface area contributed by atoms with Crippen LogP contribution >= 0.6 is 10.7 Å². The largest absolute Gasteiger partial charge is 0.336 e. The van der Waals surface area contributed by atoms with Gasteiger partial charge in [-0.05, 0) is 44.5 Å². The summed E-state index contributed by atoms with van der Waals surface area (Å²) in [5, 5.41) is 5.27. The van der Waals surface area contributed by atoms with Gasteiger partial charge in [-0.1, -0.05) is 0 Å². The van der Waals surface area contributed by atoms with Crippen molar-refractivity contribution in [2.45, 2.75) is 31.7 Å². The first kappa shape index (κ1) is 14.8. The van der Waals surface area contributed by atoms with Crippen molar-refractivity contribution < 1.29 is 13.2 Å². The van der Waals surface area contributed by atoms with Crippen molar-refractivity contribution in [1.82, 2.24) is 5.32 Å². The van der Waals surface area contributed by atoms with E-state index >= 15 is 0 Å². The second-order valence-corrected chi connectivity index (χ2v) is 6.71. The van der Waals surface area contributed by atoms with Crippen LogP contribution in [-0.4, -0.2) is 20.5 Å². The monoisotopic (exact) mass is 290 g/mol. The number of hydrogen-bond donors (Lipinski definition) is 2. The molecule has 5 nitrogen and oxygen atoms in total. The maximum absolute atomic E-state index is 11.4. The number of hydrogen-bond acceptors (Lipinski definition) is 3. The van der Waals surface area contributed by atoms with Crippen molar-refractivity contribution in [3.63, 3.8) is 0 Å². The highest BCUT2D eigenvalue weighted by Gasteiger charge is 2.14. The molecule has 0 radical (unpaired) electrons. The van der Waals surface area contributed by atoms with Crippen molar-refractivity contribution in [2.24, 2.45) is 0 Å². The number of amides is 2. The molecule has 0 aliphatic heterocycles. The lowest BCUT2D eigenvalue weighted by molar-refractivity contribution is 0.250.